The van der Waals surface area contributed by atoms with Crippen LogP contribution in [0.4, 0.5) is 0 Å². The first-order chi connectivity index (χ1) is 9.54. The monoisotopic (exact) mass is 302 g/mol. The predicted molar refractivity (Wildman–Crippen MR) is 88.0 cm³/mol. The third-order valence-corrected chi connectivity index (χ3v) is 4.72. The highest BCUT2D eigenvalue weighted by Crippen LogP contribution is 2.30. The third-order valence-electron chi connectivity index (χ3n) is 2.69. The standard InChI is InChI=1S/C17H18OS2/c1-12(2)19-15-8-10-17(11-9-15)20-16-6-4-14(5-7-16)13(3)18/h4-12H,1-3H3. The van der Waals surface area contributed by atoms with Crippen LogP contribution in [0.1, 0.15) is 31.1 Å². The van der Waals surface area contributed by atoms with Crippen LogP contribution in [0.3, 0.4) is 0 Å². The molecule has 0 saturated heterocycles. The maximum Gasteiger partial charge on any atom is 0.159 e. The molecule has 2 aromatic carbocycles. The molecule has 0 aliphatic heterocycles. The van der Waals surface area contributed by atoms with Crippen molar-refractivity contribution in [1.82, 2.24) is 0 Å². The first kappa shape index (κ1) is 15.2. The average Bonchev–Trinajstić information content (AvgIpc) is 2.41. The van der Waals surface area contributed by atoms with E-state index in [2.05, 4.69) is 38.1 Å². The van der Waals surface area contributed by atoms with Gasteiger partial charge in [0.25, 0.3) is 0 Å². The van der Waals surface area contributed by atoms with E-state index in [1.165, 1.54) is 9.79 Å². The minimum Gasteiger partial charge on any atom is -0.295 e. The Morgan fingerprint density at radius 2 is 1.30 bits per heavy atom. The smallest absolute Gasteiger partial charge is 0.159 e. The van der Waals surface area contributed by atoms with E-state index in [-0.39, 0.29) is 5.78 Å². The summed E-state index contributed by atoms with van der Waals surface area (Å²) in [4.78, 5) is 14.9. The summed E-state index contributed by atoms with van der Waals surface area (Å²) in [6.07, 6.45) is 0. The molecule has 0 radical (unpaired) electrons. The molecule has 104 valence electrons. The van der Waals surface area contributed by atoms with Gasteiger partial charge in [0.1, 0.15) is 0 Å². The normalized spacial score (nSPS) is 10.8. The fourth-order valence-corrected chi connectivity index (χ4v) is 3.41. The molecule has 1 nitrogen and oxygen atoms in total. The molecule has 2 rings (SSSR count). The van der Waals surface area contributed by atoms with Gasteiger partial charge in [-0.05, 0) is 43.3 Å². The zero-order chi connectivity index (χ0) is 14.5. The van der Waals surface area contributed by atoms with Gasteiger partial charge in [0.15, 0.2) is 5.78 Å². The maximum absolute atomic E-state index is 11.2. The maximum atomic E-state index is 11.2. The highest BCUT2D eigenvalue weighted by atomic mass is 32.2. The summed E-state index contributed by atoms with van der Waals surface area (Å²) in [5.41, 5.74) is 0.762. The Bertz CT molecular complexity index is 571. The number of benzene rings is 2. The topological polar surface area (TPSA) is 17.1 Å². The SMILES string of the molecule is CC(=O)c1ccc(Sc2ccc(SC(C)C)cc2)cc1. The number of rotatable bonds is 5. The van der Waals surface area contributed by atoms with Crippen molar-refractivity contribution in [2.75, 3.05) is 0 Å². The predicted octanol–water partition coefficient (Wildman–Crippen LogP) is 5.54. The zero-order valence-electron chi connectivity index (χ0n) is 11.9. The van der Waals surface area contributed by atoms with Crippen LogP contribution < -0.4 is 0 Å². The fourth-order valence-electron chi connectivity index (χ4n) is 1.75. The van der Waals surface area contributed by atoms with Crippen LogP contribution in [0.5, 0.6) is 0 Å². The Balaban J connectivity index is 2.04. The first-order valence-corrected chi connectivity index (χ1v) is 8.30. The summed E-state index contributed by atoms with van der Waals surface area (Å²) in [5, 5.41) is 0.604. The van der Waals surface area contributed by atoms with Crippen LogP contribution in [-0.2, 0) is 0 Å². The van der Waals surface area contributed by atoms with E-state index < -0.39 is 0 Å². The molecular formula is C17H18OS2. The minimum absolute atomic E-state index is 0.108. The molecule has 0 atom stereocenters. The Labute approximate surface area is 129 Å². The molecule has 0 saturated carbocycles. The van der Waals surface area contributed by atoms with E-state index in [9.17, 15) is 4.79 Å². The summed E-state index contributed by atoms with van der Waals surface area (Å²) in [7, 11) is 0. The molecule has 0 N–H and O–H groups in total. The molecule has 0 fully saturated rings. The number of Topliss-reactive ketones (excluding diaryl/α,β-unsaturated/α-hetero) is 1. The van der Waals surface area contributed by atoms with Gasteiger partial charge in [-0.25, -0.2) is 0 Å². The minimum atomic E-state index is 0.108. The van der Waals surface area contributed by atoms with Crippen molar-refractivity contribution >= 4 is 29.3 Å². The van der Waals surface area contributed by atoms with Crippen molar-refractivity contribution in [3.8, 4) is 0 Å². The number of ketones is 1. The van der Waals surface area contributed by atoms with Gasteiger partial charge in [-0.15, -0.1) is 11.8 Å². The number of carbonyl (C=O) groups is 1. The van der Waals surface area contributed by atoms with Crippen molar-refractivity contribution < 1.29 is 4.79 Å². The van der Waals surface area contributed by atoms with E-state index >= 15 is 0 Å². The third kappa shape index (κ3) is 4.43. The quantitative estimate of drug-likeness (QED) is 0.533. The van der Waals surface area contributed by atoms with E-state index in [1.54, 1.807) is 18.7 Å². The summed E-state index contributed by atoms with van der Waals surface area (Å²) in [6.45, 7) is 5.99. The van der Waals surface area contributed by atoms with Crippen molar-refractivity contribution in [2.45, 2.75) is 40.7 Å². The highest BCUT2D eigenvalue weighted by molar-refractivity contribution is 8.00. The Kier molecular flexibility index (Phi) is 5.32. The first-order valence-electron chi connectivity index (χ1n) is 6.60. The van der Waals surface area contributed by atoms with E-state index in [4.69, 9.17) is 0 Å². The summed E-state index contributed by atoms with van der Waals surface area (Å²) in [6, 6.07) is 16.4. The van der Waals surface area contributed by atoms with Crippen LogP contribution in [0.15, 0.2) is 63.2 Å². The van der Waals surface area contributed by atoms with Gasteiger partial charge in [-0.2, -0.15) is 0 Å². The van der Waals surface area contributed by atoms with E-state index in [0.717, 1.165) is 10.5 Å². The molecule has 0 amide bonds. The highest BCUT2D eigenvalue weighted by Gasteiger charge is 2.02. The Morgan fingerprint density at radius 3 is 1.75 bits per heavy atom. The van der Waals surface area contributed by atoms with Crippen molar-refractivity contribution in [2.24, 2.45) is 0 Å². The number of thioether (sulfide) groups is 1. The van der Waals surface area contributed by atoms with E-state index in [1.807, 2.05) is 36.0 Å². The van der Waals surface area contributed by atoms with E-state index in [0.29, 0.717) is 5.25 Å². The molecule has 0 spiro atoms. The Morgan fingerprint density at radius 1 is 0.850 bits per heavy atom. The number of hydrogen-bond acceptors (Lipinski definition) is 3. The molecule has 0 heterocycles. The number of hydrogen-bond donors (Lipinski definition) is 0. The van der Waals surface area contributed by atoms with Gasteiger partial charge in [-0.3, -0.25) is 4.79 Å². The van der Waals surface area contributed by atoms with Gasteiger partial charge in [0.05, 0.1) is 0 Å². The van der Waals surface area contributed by atoms with Crippen LogP contribution >= 0.6 is 23.5 Å². The lowest BCUT2D eigenvalue weighted by Crippen LogP contribution is -1.90. The molecule has 0 aromatic heterocycles. The van der Waals surface area contributed by atoms with Gasteiger partial charge in [-0.1, -0.05) is 37.7 Å². The molecule has 2 aromatic rings. The molecular weight excluding hydrogens is 284 g/mol. The van der Waals surface area contributed by atoms with Crippen molar-refractivity contribution in [1.29, 1.82) is 0 Å². The van der Waals surface area contributed by atoms with Crippen LogP contribution in [-0.4, -0.2) is 11.0 Å². The second kappa shape index (κ2) is 7.00. The summed E-state index contributed by atoms with van der Waals surface area (Å²) < 4.78 is 0. The summed E-state index contributed by atoms with van der Waals surface area (Å²) >= 11 is 3.59. The summed E-state index contributed by atoms with van der Waals surface area (Å²) in [5.74, 6) is 0.108. The van der Waals surface area contributed by atoms with Crippen molar-refractivity contribution in [3.63, 3.8) is 0 Å². The van der Waals surface area contributed by atoms with Gasteiger partial charge < -0.3 is 0 Å². The lowest BCUT2D eigenvalue weighted by molar-refractivity contribution is 0.101. The van der Waals surface area contributed by atoms with Crippen molar-refractivity contribution in [3.05, 3.63) is 54.1 Å². The van der Waals surface area contributed by atoms with Crippen LogP contribution in [0.25, 0.3) is 0 Å². The molecule has 0 bridgehead atoms. The average molecular weight is 302 g/mol. The zero-order valence-corrected chi connectivity index (χ0v) is 13.6. The van der Waals surface area contributed by atoms with Gasteiger partial charge >= 0.3 is 0 Å². The molecule has 0 aliphatic carbocycles. The van der Waals surface area contributed by atoms with Gasteiger partial charge in [0.2, 0.25) is 0 Å². The lowest BCUT2D eigenvalue weighted by atomic mass is 10.2. The number of carbonyl (C=O) groups excluding carboxylic acids is 1. The molecule has 0 unspecified atom stereocenters. The molecule has 0 aliphatic rings. The van der Waals surface area contributed by atoms with Gasteiger partial charge in [0, 0.05) is 25.5 Å². The second-order valence-corrected chi connectivity index (χ2v) is 7.62. The molecule has 3 heteroatoms. The Hall–Kier alpha value is -1.19. The largest absolute Gasteiger partial charge is 0.295 e. The van der Waals surface area contributed by atoms with Crippen LogP contribution in [0.2, 0.25) is 0 Å². The molecule has 20 heavy (non-hydrogen) atoms. The second-order valence-electron chi connectivity index (χ2n) is 4.82. The fraction of sp³-hybridized carbons (Fsp3) is 0.235. The van der Waals surface area contributed by atoms with Crippen LogP contribution in [0, 0.1) is 0 Å². The lowest BCUT2D eigenvalue weighted by Gasteiger charge is -2.06.